The van der Waals surface area contributed by atoms with Crippen molar-refractivity contribution in [2.24, 2.45) is 0 Å². The number of benzene rings is 1. The van der Waals surface area contributed by atoms with Gasteiger partial charge in [0.2, 0.25) is 0 Å². The van der Waals surface area contributed by atoms with Crippen molar-refractivity contribution in [2.45, 2.75) is 6.54 Å². The molecule has 0 spiro atoms. The van der Waals surface area contributed by atoms with E-state index < -0.39 is 0 Å². The maximum absolute atomic E-state index is 9.49. The van der Waals surface area contributed by atoms with Gasteiger partial charge in [0.05, 0.1) is 44.2 Å². The molecule has 3 heterocycles. The van der Waals surface area contributed by atoms with Gasteiger partial charge in [-0.2, -0.15) is 0 Å². The Morgan fingerprint density at radius 1 is 1.04 bits per heavy atom. The number of rotatable bonds is 5. The van der Waals surface area contributed by atoms with Crippen LogP contribution >= 0.6 is 0 Å². The molecule has 0 amide bonds. The van der Waals surface area contributed by atoms with Gasteiger partial charge < -0.3 is 34.1 Å². The van der Waals surface area contributed by atoms with Crippen LogP contribution in [0.5, 0.6) is 0 Å². The van der Waals surface area contributed by atoms with E-state index in [1.54, 1.807) is 0 Å². The van der Waals surface area contributed by atoms with Crippen LogP contribution in [0.4, 0.5) is 0 Å². The number of guanidine groups is 1. The van der Waals surface area contributed by atoms with E-state index in [1.165, 1.54) is 10.9 Å². The third-order valence-corrected chi connectivity index (χ3v) is 4.48. The summed E-state index contributed by atoms with van der Waals surface area (Å²) in [5, 5.41) is 17.4. The number of nitrogens with one attached hydrogen (secondary N) is 3. The first kappa shape index (κ1) is 18.7. The summed E-state index contributed by atoms with van der Waals surface area (Å²) in [5.74, 6) is 0.978. The zero-order chi connectivity index (χ0) is 17.1. The predicted molar refractivity (Wildman–Crippen MR) is 98.5 cm³/mol. The molecule has 7 heteroatoms. The van der Waals surface area contributed by atoms with Gasteiger partial charge in [-0.25, -0.2) is 0 Å². The minimum absolute atomic E-state index is 0. The summed E-state index contributed by atoms with van der Waals surface area (Å²) >= 11 is 0. The Labute approximate surface area is 169 Å². The molecule has 1 aliphatic rings. The van der Waals surface area contributed by atoms with Crippen LogP contribution in [0.1, 0.15) is 5.56 Å². The minimum atomic E-state index is 0. The zero-order valence-corrected chi connectivity index (χ0v) is 16.5. The zero-order valence-electron chi connectivity index (χ0n) is 14.4. The third kappa shape index (κ3) is 3.68. The average molecular weight is 463 g/mol. The van der Waals surface area contributed by atoms with E-state index in [2.05, 4.69) is 43.4 Å². The van der Waals surface area contributed by atoms with Crippen molar-refractivity contribution in [1.29, 1.82) is 0 Å². The predicted octanol–water partition coefficient (Wildman–Crippen LogP) is -1.71. The molecular formula is C19H22IN5O. The molecule has 0 saturated carbocycles. The Kier molecular flexibility index (Phi) is 6.10. The van der Waals surface area contributed by atoms with Crippen molar-refractivity contribution in [3.8, 4) is 11.4 Å². The molecule has 6 nitrogen and oxygen atoms in total. The molecule has 4 rings (SSSR count). The minimum Gasteiger partial charge on any atom is -1.00 e. The van der Waals surface area contributed by atoms with Gasteiger partial charge >= 0.3 is 5.96 Å². The maximum atomic E-state index is 9.49. The molecule has 0 unspecified atom stereocenters. The van der Waals surface area contributed by atoms with E-state index in [1.807, 2.05) is 30.5 Å². The number of fused-ring (bicyclic) bond motifs is 1. The summed E-state index contributed by atoms with van der Waals surface area (Å²) in [7, 11) is 0. The highest BCUT2D eigenvalue weighted by Crippen LogP contribution is 2.29. The molecule has 1 saturated heterocycles. The van der Waals surface area contributed by atoms with Crippen molar-refractivity contribution in [2.75, 3.05) is 26.2 Å². The van der Waals surface area contributed by atoms with E-state index in [9.17, 15) is 5.11 Å². The summed E-state index contributed by atoms with van der Waals surface area (Å²) in [6, 6.07) is 14.2. The number of aliphatic hydroxyl groups excluding tert-OH is 1. The fourth-order valence-corrected chi connectivity index (χ4v) is 3.32. The highest BCUT2D eigenvalue weighted by molar-refractivity contribution is 5.90. The first-order chi connectivity index (χ1) is 12.4. The second kappa shape index (κ2) is 8.50. The summed E-state index contributed by atoms with van der Waals surface area (Å²) in [6.45, 7) is 3.16. The molecular weight excluding hydrogens is 441 g/mol. The Bertz CT molecular complexity index is 899. The van der Waals surface area contributed by atoms with E-state index in [0.717, 1.165) is 36.0 Å². The van der Waals surface area contributed by atoms with Crippen LogP contribution < -0.4 is 34.6 Å². The molecule has 4 N–H and O–H groups in total. The van der Waals surface area contributed by atoms with Crippen LogP contribution in [0.15, 0.2) is 48.7 Å². The van der Waals surface area contributed by atoms with Crippen LogP contribution in [0.3, 0.4) is 0 Å². The number of nitrogens with zero attached hydrogens (tertiary/aromatic N) is 2. The Hall–Kier alpha value is -2.13. The summed E-state index contributed by atoms with van der Waals surface area (Å²) in [4.78, 5) is 8.04. The lowest BCUT2D eigenvalue weighted by atomic mass is 10.1. The number of aromatic nitrogens is 2. The number of H-pyrrole nitrogens is 1. The molecule has 136 valence electrons. The molecule has 3 aromatic rings. The molecule has 0 atom stereocenters. The van der Waals surface area contributed by atoms with Crippen LogP contribution in [0.25, 0.3) is 22.3 Å². The third-order valence-electron chi connectivity index (χ3n) is 4.48. The van der Waals surface area contributed by atoms with Gasteiger partial charge in [-0.15, -0.1) is 0 Å². The van der Waals surface area contributed by atoms with Gasteiger partial charge in [-0.1, -0.05) is 24.3 Å². The van der Waals surface area contributed by atoms with Gasteiger partial charge in [0, 0.05) is 22.7 Å². The van der Waals surface area contributed by atoms with Crippen molar-refractivity contribution in [1.82, 2.24) is 20.6 Å². The van der Waals surface area contributed by atoms with Gasteiger partial charge in [-0.3, -0.25) is 20.2 Å². The average Bonchev–Trinajstić information content (AvgIpc) is 3.30. The first-order valence-electron chi connectivity index (χ1n) is 8.58. The van der Waals surface area contributed by atoms with Crippen LogP contribution in [-0.4, -0.2) is 51.9 Å². The lowest BCUT2D eigenvalue weighted by Gasteiger charge is -2.11. The van der Waals surface area contributed by atoms with E-state index >= 15 is 0 Å². The first-order valence-corrected chi connectivity index (χ1v) is 8.58. The molecule has 1 aliphatic heterocycles. The quantitative estimate of drug-likeness (QED) is 0.269. The Balaban J connectivity index is 0.00000196. The Morgan fingerprint density at radius 2 is 1.81 bits per heavy atom. The van der Waals surface area contributed by atoms with Gasteiger partial charge in [0.25, 0.3) is 0 Å². The van der Waals surface area contributed by atoms with E-state index in [4.69, 9.17) is 0 Å². The molecule has 2 aromatic heterocycles. The van der Waals surface area contributed by atoms with Crippen molar-refractivity contribution in [3.05, 3.63) is 54.2 Å². The van der Waals surface area contributed by atoms with Gasteiger partial charge in [0.1, 0.15) is 0 Å². The number of hydrogen-bond acceptors (Lipinski definition) is 2. The van der Waals surface area contributed by atoms with Crippen molar-refractivity contribution < 1.29 is 33.7 Å². The van der Waals surface area contributed by atoms with Crippen molar-refractivity contribution in [3.63, 3.8) is 0 Å². The van der Waals surface area contributed by atoms with Crippen LogP contribution in [-0.2, 0) is 6.54 Å². The number of para-hydroxylation sites is 1. The molecule has 26 heavy (non-hydrogen) atoms. The summed E-state index contributed by atoms with van der Waals surface area (Å²) in [6.07, 6.45) is 1.81. The molecule has 1 aromatic carbocycles. The number of pyridine rings is 1. The van der Waals surface area contributed by atoms with Gasteiger partial charge in [0.15, 0.2) is 0 Å². The number of aliphatic hydroxyl groups is 1. The van der Waals surface area contributed by atoms with Crippen LogP contribution in [0.2, 0.25) is 0 Å². The molecule has 0 bridgehead atoms. The number of halogens is 1. The van der Waals surface area contributed by atoms with E-state index in [0.29, 0.717) is 13.1 Å². The maximum Gasteiger partial charge on any atom is 0.346 e. The van der Waals surface area contributed by atoms with Crippen molar-refractivity contribution >= 4 is 16.9 Å². The number of aromatic amines is 1. The number of hydrogen-bond donors (Lipinski definition) is 4. The Morgan fingerprint density at radius 3 is 2.54 bits per heavy atom. The standard InChI is InChI=1S/C19H21N5O.HI/c25-12-11-24(19-21-9-10-22-19)13-15-14-5-1-2-6-16(14)23-18(15)17-7-3-4-8-20-17;/h1-8,25H,9-13H2,(H2,20,21,22,23);1H. The fraction of sp³-hybridized carbons (Fsp3) is 0.263. The second-order valence-corrected chi connectivity index (χ2v) is 6.09. The molecule has 0 radical (unpaired) electrons. The second-order valence-electron chi connectivity index (χ2n) is 6.09. The highest BCUT2D eigenvalue weighted by atomic mass is 127. The highest BCUT2D eigenvalue weighted by Gasteiger charge is 2.21. The summed E-state index contributed by atoms with van der Waals surface area (Å²) in [5.41, 5.74) is 4.24. The summed E-state index contributed by atoms with van der Waals surface area (Å²) < 4.78 is 2.15. The lowest BCUT2D eigenvalue weighted by Crippen LogP contribution is -3.00. The largest absolute Gasteiger partial charge is 1.00 e. The molecule has 0 aliphatic carbocycles. The van der Waals surface area contributed by atoms with Crippen LogP contribution in [0, 0.1) is 0 Å². The normalized spacial score (nSPS) is 13.2. The topological polar surface area (TPSA) is 76.0 Å². The smallest absolute Gasteiger partial charge is 0.346 e. The monoisotopic (exact) mass is 463 g/mol. The van der Waals surface area contributed by atoms with Gasteiger partial charge in [-0.05, 0) is 18.2 Å². The molecule has 1 fully saturated rings. The fourth-order valence-electron chi connectivity index (χ4n) is 3.32. The lowest BCUT2D eigenvalue weighted by molar-refractivity contribution is -0.548. The SMILES string of the molecule is OCC[N+](Cc1c(-c2ccccn2)[nH]c2ccccc12)=C1NCCN1.[I-]. The van der Waals surface area contributed by atoms with E-state index in [-0.39, 0.29) is 30.6 Å².